The number of nitrogens with one attached hydrogen (secondary N) is 1. The maximum Gasteiger partial charge on any atom is 0.272 e. The van der Waals surface area contributed by atoms with E-state index in [1.54, 1.807) is 18.5 Å². The van der Waals surface area contributed by atoms with E-state index < -0.39 is 10.7 Å². The molecule has 0 aliphatic heterocycles. The van der Waals surface area contributed by atoms with Gasteiger partial charge >= 0.3 is 0 Å². The van der Waals surface area contributed by atoms with Crippen LogP contribution in [0, 0.1) is 15.9 Å². The summed E-state index contributed by atoms with van der Waals surface area (Å²) in [5, 5.41) is 14.6. The Morgan fingerprint density at radius 3 is 2.54 bits per heavy atom. The lowest BCUT2D eigenvalue weighted by atomic mass is 10.1. The van der Waals surface area contributed by atoms with Crippen LogP contribution in [0.15, 0.2) is 73.1 Å². The zero-order chi connectivity index (χ0) is 18.8. The number of hydrogen-bond donors (Lipinski definition) is 1. The van der Waals surface area contributed by atoms with Crippen LogP contribution < -0.4 is 5.32 Å². The number of nitro groups is 1. The molecule has 0 radical (unpaired) electrons. The van der Waals surface area contributed by atoms with Gasteiger partial charge in [0.1, 0.15) is 0 Å². The summed E-state index contributed by atoms with van der Waals surface area (Å²) in [6.07, 6.45) is 3.38. The molecule has 140 valence electrons. The third kappa shape index (κ3) is 3.74. The number of fused-ring (bicyclic) bond motifs is 1. The van der Waals surface area contributed by atoms with Crippen LogP contribution in [-0.2, 0) is 0 Å². The first kappa shape index (κ1) is 19.2. The standard InChI is InChI=1S/C20H13FN4O2.ClH/c21-16-10-14(25(26)27)7-8-18(16)24-20-11-19(13-4-3-9-22-12-13)23-17-6-2-1-5-15(17)20;/h1-12H,(H,23,24);1H. The molecule has 0 atom stereocenters. The van der Waals surface area contributed by atoms with Gasteiger partial charge in [0.05, 0.1) is 33.6 Å². The fraction of sp³-hybridized carbons (Fsp3) is 0. The molecular weight excluding hydrogens is 383 g/mol. The third-order valence-electron chi connectivity index (χ3n) is 4.11. The van der Waals surface area contributed by atoms with Crippen LogP contribution in [-0.4, -0.2) is 14.9 Å². The fourth-order valence-corrected chi connectivity index (χ4v) is 2.81. The van der Waals surface area contributed by atoms with Gasteiger partial charge in [-0.15, -0.1) is 12.4 Å². The summed E-state index contributed by atoms with van der Waals surface area (Å²) >= 11 is 0. The van der Waals surface area contributed by atoms with E-state index in [0.717, 1.165) is 22.5 Å². The molecule has 4 aromatic rings. The van der Waals surface area contributed by atoms with Crippen LogP contribution in [0.1, 0.15) is 0 Å². The summed E-state index contributed by atoms with van der Waals surface area (Å²) in [5.74, 6) is -0.701. The minimum absolute atomic E-state index is 0. The molecule has 2 aromatic heterocycles. The van der Waals surface area contributed by atoms with Crippen LogP contribution in [0.4, 0.5) is 21.5 Å². The molecule has 4 rings (SSSR count). The Labute approximate surface area is 165 Å². The van der Waals surface area contributed by atoms with E-state index in [4.69, 9.17) is 0 Å². The van der Waals surface area contributed by atoms with E-state index in [0.29, 0.717) is 11.4 Å². The Hall–Kier alpha value is -3.58. The summed E-state index contributed by atoms with van der Waals surface area (Å²) in [4.78, 5) is 18.9. The molecule has 0 bridgehead atoms. The van der Waals surface area contributed by atoms with Gasteiger partial charge in [0.15, 0.2) is 5.82 Å². The Morgan fingerprint density at radius 1 is 1.00 bits per heavy atom. The van der Waals surface area contributed by atoms with E-state index in [1.165, 1.54) is 12.1 Å². The fourth-order valence-electron chi connectivity index (χ4n) is 2.81. The highest BCUT2D eigenvalue weighted by Gasteiger charge is 2.13. The van der Waals surface area contributed by atoms with Gasteiger partial charge in [-0.1, -0.05) is 18.2 Å². The number of nitro benzene ring substituents is 1. The van der Waals surface area contributed by atoms with Gasteiger partial charge in [0, 0.05) is 29.4 Å². The molecule has 0 fully saturated rings. The average molecular weight is 397 g/mol. The summed E-state index contributed by atoms with van der Waals surface area (Å²) in [6.45, 7) is 0. The van der Waals surface area contributed by atoms with E-state index in [9.17, 15) is 14.5 Å². The number of rotatable bonds is 4. The number of pyridine rings is 2. The molecule has 0 aliphatic carbocycles. The highest BCUT2D eigenvalue weighted by atomic mass is 35.5. The van der Waals surface area contributed by atoms with E-state index in [2.05, 4.69) is 15.3 Å². The van der Waals surface area contributed by atoms with Crippen molar-refractivity contribution in [1.29, 1.82) is 0 Å². The van der Waals surface area contributed by atoms with Crippen LogP contribution >= 0.6 is 12.4 Å². The molecule has 0 saturated heterocycles. The van der Waals surface area contributed by atoms with Gasteiger partial charge in [-0.3, -0.25) is 15.1 Å². The minimum Gasteiger partial charge on any atom is -0.353 e. The van der Waals surface area contributed by atoms with Crippen molar-refractivity contribution in [1.82, 2.24) is 9.97 Å². The molecule has 28 heavy (non-hydrogen) atoms. The first-order valence-electron chi connectivity index (χ1n) is 8.13. The van der Waals surface area contributed by atoms with Crippen molar-refractivity contribution in [3.63, 3.8) is 0 Å². The van der Waals surface area contributed by atoms with Crippen LogP contribution in [0.5, 0.6) is 0 Å². The number of anilines is 2. The second-order valence-electron chi connectivity index (χ2n) is 5.86. The molecule has 0 amide bonds. The summed E-state index contributed by atoms with van der Waals surface area (Å²) < 4.78 is 14.3. The average Bonchev–Trinajstić information content (AvgIpc) is 2.70. The Balaban J connectivity index is 0.00000225. The van der Waals surface area contributed by atoms with Crippen LogP contribution in [0.2, 0.25) is 0 Å². The number of hydrogen-bond acceptors (Lipinski definition) is 5. The first-order valence-corrected chi connectivity index (χ1v) is 8.13. The molecule has 2 heterocycles. The molecule has 0 unspecified atom stereocenters. The molecule has 8 heteroatoms. The van der Waals surface area contributed by atoms with Gasteiger partial charge in [-0.25, -0.2) is 9.37 Å². The molecular formula is C20H14ClFN4O2. The Morgan fingerprint density at radius 2 is 1.82 bits per heavy atom. The monoisotopic (exact) mass is 396 g/mol. The quantitative estimate of drug-likeness (QED) is 0.363. The zero-order valence-corrected chi connectivity index (χ0v) is 15.2. The molecule has 0 saturated carbocycles. The minimum atomic E-state index is -0.701. The SMILES string of the molecule is Cl.O=[N+]([O-])c1ccc(Nc2cc(-c3cccnc3)nc3ccccc23)c(F)c1. The van der Waals surface area contributed by atoms with Crippen molar-refractivity contribution in [2.24, 2.45) is 0 Å². The van der Waals surface area contributed by atoms with E-state index in [-0.39, 0.29) is 23.8 Å². The second kappa shape index (κ2) is 7.98. The second-order valence-corrected chi connectivity index (χ2v) is 5.86. The largest absolute Gasteiger partial charge is 0.353 e. The van der Waals surface area contributed by atoms with Crippen molar-refractivity contribution in [3.8, 4) is 11.3 Å². The smallest absolute Gasteiger partial charge is 0.272 e. The van der Waals surface area contributed by atoms with Crippen molar-refractivity contribution in [2.75, 3.05) is 5.32 Å². The number of benzene rings is 2. The van der Waals surface area contributed by atoms with Gasteiger partial charge in [0.2, 0.25) is 0 Å². The van der Waals surface area contributed by atoms with E-state index in [1.807, 2.05) is 36.4 Å². The number of non-ortho nitro benzene ring substituents is 1. The molecule has 6 nitrogen and oxygen atoms in total. The van der Waals surface area contributed by atoms with Crippen molar-refractivity contribution in [3.05, 3.63) is 89.0 Å². The number of aromatic nitrogens is 2. The number of halogens is 2. The topological polar surface area (TPSA) is 81.0 Å². The Kier molecular flexibility index (Phi) is 5.47. The molecule has 0 aliphatic rings. The van der Waals surface area contributed by atoms with Gasteiger partial charge < -0.3 is 5.32 Å². The van der Waals surface area contributed by atoms with E-state index >= 15 is 0 Å². The molecule has 1 N–H and O–H groups in total. The number of nitrogens with zero attached hydrogens (tertiary/aromatic N) is 3. The maximum atomic E-state index is 14.3. The van der Waals surface area contributed by atoms with Crippen LogP contribution in [0.3, 0.4) is 0 Å². The number of para-hydroxylation sites is 1. The first-order chi connectivity index (χ1) is 13.1. The lowest BCUT2D eigenvalue weighted by molar-refractivity contribution is -0.385. The summed E-state index contributed by atoms with van der Waals surface area (Å²) in [6, 6.07) is 16.5. The molecule has 2 aromatic carbocycles. The van der Waals surface area contributed by atoms with Crippen LogP contribution in [0.25, 0.3) is 22.2 Å². The highest BCUT2D eigenvalue weighted by Crippen LogP contribution is 2.31. The lowest BCUT2D eigenvalue weighted by Gasteiger charge is -2.12. The van der Waals surface area contributed by atoms with Crippen molar-refractivity contribution in [2.45, 2.75) is 0 Å². The Bertz CT molecular complexity index is 1160. The van der Waals surface area contributed by atoms with Gasteiger partial charge in [-0.05, 0) is 30.3 Å². The van der Waals surface area contributed by atoms with Gasteiger partial charge in [0.25, 0.3) is 5.69 Å². The lowest BCUT2D eigenvalue weighted by Crippen LogP contribution is -1.98. The summed E-state index contributed by atoms with van der Waals surface area (Å²) in [7, 11) is 0. The predicted molar refractivity (Wildman–Crippen MR) is 109 cm³/mol. The molecule has 0 spiro atoms. The third-order valence-corrected chi connectivity index (χ3v) is 4.11. The zero-order valence-electron chi connectivity index (χ0n) is 14.4. The predicted octanol–water partition coefficient (Wildman–Crippen LogP) is 5.51. The highest BCUT2D eigenvalue weighted by molar-refractivity contribution is 5.95. The summed E-state index contributed by atoms with van der Waals surface area (Å²) in [5.41, 5.74) is 2.75. The van der Waals surface area contributed by atoms with Crippen molar-refractivity contribution < 1.29 is 9.31 Å². The van der Waals surface area contributed by atoms with Gasteiger partial charge in [-0.2, -0.15) is 0 Å². The maximum absolute atomic E-state index is 14.3. The normalized spacial score (nSPS) is 10.3. The van der Waals surface area contributed by atoms with Crippen molar-refractivity contribution >= 4 is 40.4 Å².